The minimum atomic E-state index is 0.654. The molecule has 0 bridgehead atoms. The minimum Gasteiger partial charge on any atom is -0.370 e. The summed E-state index contributed by atoms with van der Waals surface area (Å²) in [5.41, 5.74) is 0. The first-order valence-electron chi connectivity index (χ1n) is 7.93. The van der Waals surface area contributed by atoms with Crippen LogP contribution in [-0.4, -0.2) is 42.2 Å². The highest BCUT2D eigenvalue weighted by Crippen LogP contribution is 2.30. The molecule has 0 amide bonds. The summed E-state index contributed by atoms with van der Waals surface area (Å²) in [6, 6.07) is 2.77. The van der Waals surface area contributed by atoms with Crippen molar-refractivity contribution < 1.29 is 0 Å². The number of nitrogens with zero attached hydrogens (tertiary/aromatic N) is 3. The number of anilines is 2. The first-order chi connectivity index (χ1) is 9.88. The molecule has 2 unspecified atom stereocenters. The van der Waals surface area contributed by atoms with Crippen LogP contribution in [0.1, 0.15) is 25.7 Å². The lowest BCUT2D eigenvalue weighted by molar-refractivity contribution is 0.340. The van der Waals surface area contributed by atoms with Crippen molar-refractivity contribution in [2.45, 2.75) is 31.7 Å². The van der Waals surface area contributed by atoms with Crippen LogP contribution in [0.25, 0.3) is 0 Å². The molecule has 0 aromatic carbocycles. The molecule has 5 nitrogen and oxygen atoms in total. The van der Waals surface area contributed by atoms with Gasteiger partial charge >= 0.3 is 0 Å². The normalized spacial score (nSPS) is 29.3. The molecule has 1 aromatic heterocycles. The van der Waals surface area contributed by atoms with E-state index in [0.29, 0.717) is 6.04 Å². The fourth-order valence-corrected chi connectivity index (χ4v) is 3.42. The molecule has 108 valence electrons. The van der Waals surface area contributed by atoms with E-state index in [9.17, 15) is 0 Å². The van der Waals surface area contributed by atoms with Gasteiger partial charge in [0.1, 0.15) is 18.0 Å². The highest BCUT2D eigenvalue weighted by atomic mass is 15.3. The third kappa shape index (κ3) is 2.59. The van der Waals surface area contributed by atoms with Crippen LogP contribution in [-0.2, 0) is 0 Å². The Morgan fingerprint density at radius 3 is 3.05 bits per heavy atom. The topological polar surface area (TPSA) is 53.1 Å². The molecule has 0 spiro atoms. The van der Waals surface area contributed by atoms with Gasteiger partial charge in [0.15, 0.2) is 0 Å². The lowest BCUT2D eigenvalue weighted by Crippen LogP contribution is -2.40. The molecule has 2 aliphatic heterocycles. The van der Waals surface area contributed by atoms with Gasteiger partial charge in [-0.1, -0.05) is 0 Å². The summed E-state index contributed by atoms with van der Waals surface area (Å²) in [5, 5.41) is 7.08. The van der Waals surface area contributed by atoms with E-state index in [1.807, 2.05) is 0 Å². The largest absolute Gasteiger partial charge is 0.370 e. The summed E-state index contributed by atoms with van der Waals surface area (Å²) in [6.07, 6.45) is 7.09. The molecule has 3 fully saturated rings. The van der Waals surface area contributed by atoms with Crippen LogP contribution in [0.5, 0.6) is 0 Å². The van der Waals surface area contributed by atoms with E-state index in [-0.39, 0.29) is 0 Å². The molecule has 5 heteroatoms. The Hall–Kier alpha value is -1.36. The van der Waals surface area contributed by atoms with Crippen molar-refractivity contribution in [2.75, 3.05) is 36.4 Å². The van der Waals surface area contributed by atoms with Crippen molar-refractivity contribution >= 4 is 11.6 Å². The van der Waals surface area contributed by atoms with Gasteiger partial charge < -0.3 is 15.5 Å². The van der Waals surface area contributed by atoms with Crippen LogP contribution in [0.4, 0.5) is 11.6 Å². The highest BCUT2D eigenvalue weighted by Gasteiger charge is 2.34. The number of hydrogen-bond acceptors (Lipinski definition) is 5. The fraction of sp³-hybridized carbons (Fsp3) is 0.733. The van der Waals surface area contributed by atoms with Gasteiger partial charge in [-0.3, -0.25) is 0 Å². The Morgan fingerprint density at radius 2 is 2.20 bits per heavy atom. The zero-order valence-corrected chi connectivity index (χ0v) is 11.9. The van der Waals surface area contributed by atoms with E-state index >= 15 is 0 Å². The monoisotopic (exact) mass is 273 g/mol. The average Bonchev–Trinajstić information content (AvgIpc) is 3.22. The molecule has 3 aliphatic rings. The number of nitrogens with one attached hydrogen (secondary N) is 2. The van der Waals surface area contributed by atoms with Crippen LogP contribution in [0.3, 0.4) is 0 Å². The molecular formula is C15H23N5. The van der Waals surface area contributed by atoms with E-state index in [1.165, 1.54) is 32.2 Å². The Bertz CT molecular complexity index is 459. The minimum absolute atomic E-state index is 0.654. The van der Waals surface area contributed by atoms with E-state index in [2.05, 4.69) is 31.6 Å². The summed E-state index contributed by atoms with van der Waals surface area (Å²) in [4.78, 5) is 11.2. The zero-order valence-electron chi connectivity index (χ0n) is 11.9. The van der Waals surface area contributed by atoms with Crippen molar-refractivity contribution in [1.29, 1.82) is 0 Å². The van der Waals surface area contributed by atoms with E-state index in [1.54, 1.807) is 6.33 Å². The number of hydrogen-bond donors (Lipinski definition) is 2. The second kappa shape index (κ2) is 5.20. The van der Waals surface area contributed by atoms with Crippen molar-refractivity contribution in [3.05, 3.63) is 12.4 Å². The lowest BCUT2D eigenvalue weighted by Gasteiger charge is -2.24. The fourth-order valence-electron chi connectivity index (χ4n) is 3.42. The van der Waals surface area contributed by atoms with Crippen molar-refractivity contribution in [3.8, 4) is 0 Å². The van der Waals surface area contributed by atoms with E-state index in [0.717, 1.165) is 43.1 Å². The predicted octanol–water partition coefficient (Wildman–Crippen LogP) is 1.49. The average molecular weight is 273 g/mol. The molecular weight excluding hydrogens is 250 g/mol. The summed E-state index contributed by atoms with van der Waals surface area (Å²) < 4.78 is 0. The maximum absolute atomic E-state index is 4.47. The van der Waals surface area contributed by atoms with Gasteiger partial charge in [-0.2, -0.15) is 0 Å². The van der Waals surface area contributed by atoms with Crippen molar-refractivity contribution in [3.63, 3.8) is 0 Å². The Labute approximate surface area is 120 Å². The van der Waals surface area contributed by atoms with Gasteiger partial charge in [-0.25, -0.2) is 9.97 Å². The van der Waals surface area contributed by atoms with Gasteiger partial charge in [0.2, 0.25) is 0 Å². The van der Waals surface area contributed by atoms with Crippen molar-refractivity contribution in [1.82, 2.24) is 15.3 Å². The molecule has 0 radical (unpaired) electrons. The quantitative estimate of drug-likeness (QED) is 0.870. The first kappa shape index (κ1) is 12.4. The summed E-state index contributed by atoms with van der Waals surface area (Å²) in [7, 11) is 0. The molecule has 3 heterocycles. The van der Waals surface area contributed by atoms with Crippen LogP contribution >= 0.6 is 0 Å². The molecule has 2 atom stereocenters. The summed E-state index contributed by atoms with van der Waals surface area (Å²) in [5.74, 6) is 3.72. The van der Waals surface area contributed by atoms with Gasteiger partial charge in [-0.05, 0) is 44.1 Å². The number of rotatable bonds is 4. The number of piperidine rings is 1. The molecule has 2 saturated heterocycles. The third-order valence-corrected chi connectivity index (χ3v) is 4.84. The maximum atomic E-state index is 4.47. The zero-order chi connectivity index (χ0) is 13.4. The third-order valence-electron chi connectivity index (χ3n) is 4.84. The second-order valence-corrected chi connectivity index (χ2v) is 6.45. The van der Waals surface area contributed by atoms with E-state index in [4.69, 9.17) is 0 Å². The van der Waals surface area contributed by atoms with Gasteiger partial charge in [0.05, 0.1) is 0 Å². The molecule has 1 saturated carbocycles. The number of fused-ring (bicyclic) bond motifs is 1. The van der Waals surface area contributed by atoms with Gasteiger partial charge in [-0.15, -0.1) is 0 Å². The van der Waals surface area contributed by atoms with Crippen LogP contribution < -0.4 is 15.5 Å². The Balaban J connectivity index is 1.43. The second-order valence-electron chi connectivity index (χ2n) is 6.45. The van der Waals surface area contributed by atoms with Gasteiger partial charge in [0.25, 0.3) is 0 Å². The molecule has 1 aliphatic carbocycles. The first-order valence-corrected chi connectivity index (χ1v) is 7.93. The molecule has 20 heavy (non-hydrogen) atoms. The summed E-state index contributed by atoms with van der Waals surface area (Å²) in [6.45, 7) is 4.46. The Morgan fingerprint density at radius 1 is 1.25 bits per heavy atom. The molecule has 2 N–H and O–H groups in total. The standard InChI is InChI=1S/C15H23N5/c1-2-12-8-20(9-13(12)16-5-1)15-6-14(18-10-19-15)17-7-11-3-4-11/h6,10-13,16H,1-5,7-9H2,(H,17,18,19). The maximum Gasteiger partial charge on any atom is 0.134 e. The van der Waals surface area contributed by atoms with Crippen LogP contribution in [0, 0.1) is 11.8 Å². The summed E-state index contributed by atoms with van der Waals surface area (Å²) >= 11 is 0. The van der Waals surface area contributed by atoms with Crippen LogP contribution in [0.15, 0.2) is 12.4 Å². The van der Waals surface area contributed by atoms with Crippen molar-refractivity contribution in [2.24, 2.45) is 11.8 Å². The smallest absolute Gasteiger partial charge is 0.134 e. The Kier molecular flexibility index (Phi) is 3.22. The van der Waals surface area contributed by atoms with E-state index < -0.39 is 0 Å². The number of aromatic nitrogens is 2. The molecule has 1 aromatic rings. The SMILES string of the molecule is c1nc(NCC2CC2)cc(N2CC3CCCNC3C2)n1. The molecule has 4 rings (SSSR count). The van der Waals surface area contributed by atoms with Gasteiger partial charge in [0, 0.05) is 31.7 Å². The lowest BCUT2D eigenvalue weighted by atomic mass is 9.94. The predicted molar refractivity (Wildman–Crippen MR) is 80.0 cm³/mol. The highest BCUT2D eigenvalue weighted by molar-refractivity contribution is 5.49. The van der Waals surface area contributed by atoms with Crippen LogP contribution in [0.2, 0.25) is 0 Å².